The lowest BCUT2D eigenvalue weighted by Crippen LogP contribution is -2.57. The molecule has 1 aromatic heterocycles. The highest BCUT2D eigenvalue weighted by molar-refractivity contribution is 5.98. The van der Waals surface area contributed by atoms with Gasteiger partial charge in [0.2, 0.25) is 5.91 Å². The molecule has 264 valence electrons. The van der Waals surface area contributed by atoms with E-state index >= 15 is 0 Å². The summed E-state index contributed by atoms with van der Waals surface area (Å²) in [5.41, 5.74) is 3.32. The van der Waals surface area contributed by atoms with Crippen LogP contribution in [0.2, 0.25) is 0 Å². The minimum absolute atomic E-state index is 0.0756. The number of aromatic nitrogens is 2. The highest BCUT2D eigenvalue weighted by atomic mass is 16.5. The van der Waals surface area contributed by atoms with Gasteiger partial charge in [-0.15, -0.1) is 0 Å². The summed E-state index contributed by atoms with van der Waals surface area (Å²) in [5.74, 6) is -0.807. The van der Waals surface area contributed by atoms with E-state index in [1.807, 2.05) is 60.7 Å². The van der Waals surface area contributed by atoms with Crippen LogP contribution >= 0.6 is 0 Å². The Labute approximate surface area is 295 Å². The molecule has 0 aliphatic rings. The van der Waals surface area contributed by atoms with Crippen LogP contribution in [0.4, 0.5) is 0 Å². The Bertz CT molecular complexity index is 1710. The molecule has 1 heterocycles. The number of nitrogens with one attached hydrogen (secondary N) is 2. The van der Waals surface area contributed by atoms with E-state index in [1.165, 1.54) is 39.5 Å². The molecule has 0 bridgehead atoms. The zero-order valence-electron chi connectivity index (χ0n) is 30.1. The first-order chi connectivity index (χ1) is 23.8. The Morgan fingerprint density at radius 1 is 0.760 bits per heavy atom. The monoisotopic (exact) mass is 678 g/mol. The molecule has 0 saturated carbocycles. The quantitative estimate of drug-likeness (QED) is 0.103. The van der Waals surface area contributed by atoms with Crippen LogP contribution in [0.1, 0.15) is 95.1 Å². The summed E-state index contributed by atoms with van der Waals surface area (Å²) in [6.45, 7) is 12.0. The molecular formula is C41H50N4O5. The Hall–Kier alpha value is -5.05. The molecule has 2 amide bonds. The van der Waals surface area contributed by atoms with E-state index in [4.69, 9.17) is 4.74 Å². The summed E-state index contributed by atoms with van der Waals surface area (Å²) in [5, 5.41) is 15.0. The van der Waals surface area contributed by atoms with E-state index < -0.39 is 29.4 Å². The molecule has 1 unspecified atom stereocenters. The van der Waals surface area contributed by atoms with Gasteiger partial charge in [0.1, 0.15) is 17.3 Å². The number of carboxylic acid groups (broad SMARTS) is 1. The van der Waals surface area contributed by atoms with Crippen molar-refractivity contribution >= 4 is 17.8 Å². The molecule has 50 heavy (non-hydrogen) atoms. The van der Waals surface area contributed by atoms with Crippen LogP contribution < -0.4 is 15.4 Å². The number of carboxylic acids is 1. The third-order valence-corrected chi connectivity index (χ3v) is 8.61. The number of hydrogen-bond acceptors (Lipinski definition) is 6. The van der Waals surface area contributed by atoms with Crippen molar-refractivity contribution in [3.63, 3.8) is 0 Å². The van der Waals surface area contributed by atoms with Crippen molar-refractivity contribution in [3.05, 3.63) is 102 Å². The van der Waals surface area contributed by atoms with E-state index in [9.17, 15) is 19.5 Å². The van der Waals surface area contributed by atoms with Crippen LogP contribution in [0.3, 0.4) is 0 Å². The molecule has 0 fully saturated rings. The van der Waals surface area contributed by atoms with Gasteiger partial charge in [-0.2, -0.15) is 0 Å². The standard InChI is InChI=1S/C41H50N4O5/c1-7-8-9-10-11-24-50-34-22-18-29(19-23-34)32-26-42-36(43-27-32)30-14-12-28(13-15-30)25-35(38(47)45-41(5,6)39(48)49)44-37(46)31-16-20-33(21-17-31)40(2,3)4/h12-23,26-27,35H,7-11,24-25H2,1-6H3,(H,44,46)(H,45,47)(H,48,49). The second kappa shape index (κ2) is 17.1. The van der Waals surface area contributed by atoms with Crippen molar-refractivity contribution in [2.45, 2.75) is 97.1 Å². The third-order valence-electron chi connectivity index (χ3n) is 8.61. The van der Waals surface area contributed by atoms with Gasteiger partial charge in [0.05, 0.1) is 6.61 Å². The van der Waals surface area contributed by atoms with E-state index in [-0.39, 0.29) is 11.8 Å². The fraction of sp³-hybridized carbons (Fsp3) is 0.390. The maximum Gasteiger partial charge on any atom is 0.328 e. The van der Waals surface area contributed by atoms with Crippen LogP contribution in [0, 0.1) is 0 Å². The zero-order chi connectivity index (χ0) is 36.3. The predicted octanol–water partition coefficient (Wildman–Crippen LogP) is 7.78. The minimum atomic E-state index is -1.52. The van der Waals surface area contributed by atoms with Crippen LogP contribution in [-0.4, -0.2) is 51.0 Å². The summed E-state index contributed by atoms with van der Waals surface area (Å²) in [4.78, 5) is 47.5. The normalized spacial score (nSPS) is 12.2. The molecule has 0 aliphatic carbocycles. The lowest BCUT2D eigenvalue weighted by Gasteiger charge is -2.26. The van der Waals surface area contributed by atoms with Crippen LogP contribution in [0.5, 0.6) is 5.75 Å². The first-order valence-corrected chi connectivity index (χ1v) is 17.4. The van der Waals surface area contributed by atoms with E-state index in [2.05, 4.69) is 48.3 Å². The maximum atomic E-state index is 13.4. The summed E-state index contributed by atoms with van der Waals surface area (Å²) >= 11 is 0. The molecule has 1 atom stereocenters. The van der Waals surface area contributed by atoms with Crippen molar-refractivity contribution in [2.75, 3.05) is 6.61 Å². The van der Waals surface area contributed by atoms with Crippen LogP contribution in [0.25, 0.3) is 22.5 Å². The summed E-state index contributed by atoms with van der Waals surface area (Å²) in [6.07, 6.45) is 9.72. The number of benzene rings is 3. The molecule has 3 N–H and O–H groups in total. The fourth-order valence-electron chi connectivity index (χ4n) is 5.31. The number of amides is 2. The van der Waals surface area contributed by atoms with Gasteiger partial charge in [0.25, 0.3) is 5.91 Å². The largest absolute Gasteiger partial charge is 0.494 e. The number of carbonyl (C=O) groups is 3. The molecule has 4 aromatic rings. The Morgan fingerprint density at radius 3 is 1.94 bits per heavy atom. The maximum absolute atomic E-state index is 13.4. The highest BCUT2D eigenvalue weighted by Gasteiger charge is 2.33. The number of hydrogen-bond donors (Lipinski definition) is 3. The van der Waals surface area contributed by atoms with Crippen molar-refractivity contribution in [3.8, 4) is 28.3 Å². The second-order valence-electron chi connectivity index (χ2n) is 14.3. The van der Waals surface area contributed by atoms with E-state index in [0.29, 0.717) is 11.4 Å². The van der Waals surface area contributed by atoms with Gasteiger partial charge >= 0.3 is 5.97 Å². The summed E-state index contributed by atoms with van der Waals surface area (Å²) in [7, 11) is 0. The number of rotatable bonds is 16. The second-order valence-corrected chi connectivity index (χ2v) is 14.3. The minimum Gasteiger partial charge on any atom is -0.494 e. The number of unbranched alkanes of at least 4 members (excludes halogenated alkanes) is 4. The van der Waals surface area contributed by atoms with Gasteiger partial charge < -0.3 is 20.5 Å². The lowest BCUT2D eigenvalue weighted by atomic mass is 9.86. The molecule has 0 saturated heterocycles. The average Bonchev–Trinajstić information content (AvgIpc) is 3.09. The molecule has 0 spiro atoms. The van der Waals surface area contributed by atoms with Gasteiger partial charge in [0, 0.05) is 35.5 Å². The third kappa shape index (κ3) is 10.7. The predicted molar refractivity (Wildman–Crippen MR) is 197 cm³/mol. The van der Waals surface area contributed by atoms with Crippen LogP contribution in [0.15, 0.2) is 85.2 Å². The molecule has 3 aromatic carbocycles. The molecular weight excluding hydrogens is 628 g/mol. The van der Waals surface area contributed by atoms with Gasteiger partial charge in [-0.25, -0.2) is 14.8 Å². The number of carbonyl (C=O) groups excluding carboxylic acids is 2. The highest BCUT2D eigenvalue weighted by Crippen LogP contribution is 2.25. The topological polar surface area (TPSA) is 131 Å². The summed E-state index contributed by atoms with van der Waals surface area (Å²) < 4.78 is 5.89. The van der Waals surface area contributed by atoms with Crippen molar-refractivity contribution in [1.29, 1.82) is 0 Å². The van der Waals surface area contributed by atoms with Gasteiger partial charge in [-0.1, -0.05) is 102 Å². The van der Waals surface area contributed by atoms with Crippen molar-refractivity contribution in [2.24, 2.45) is 0 Å². The number of ether oxygens (including phenoxy) is 1. The van der Waals surface area contributed by atoms with Crippen molar-refractivity contribution < 1.29 is 24.2 Å². The fourth-order valence-corrected chi connectivity index (χ4v) is 5.31. The Morgan fingerprint density at radius 2 is 1.36 bits per heavy atom. The SMILES string of the molecule is CCCCCCCOc1ccc(-c2cnc(-c3ccc(CC(NC(=O)c4ccc(C(C)(C)C)cc4)C(=O)NC(C)(C)C(=O)O)cc3)nc2)cc1. The molecule has 0 radical (unpaired) electrons. The Balaban J connectivity index is 1.42. The lowest BCUT2D eigenvalue weighted by molar-refractivity contribution is -0.146. The zero-order valence-corrected chi connectivity index (χ0v) is 30.1. The molecule has 9 nitrogen and oxygen atoms in total. The van der Waals surface area contributed by atoms with E-state index in [1.54, 1.807) is 24.5 Å². The smallest absolute Gasteiger partial charge is 0.328 e. The molecule has 0 aliphatic heterocycles. The number of nitrogens with zero attached hydrogens (tertiary/aromatic N) is 2. The van der Waals surface area contributed by atoms with Gasteiger partial charge in [-0.3, -0.25) is 9.59 Å². The van der Waals surface area contributed by atoms with Crippen molar-refractivity contribution in [1.82, 2.24) is 20.6 Å². The van der Waals surface area contributed by atoms with Crippen LogP contribution in [-0.2, 0) is 21.4 Å². The first kappa shape index (κ1) is 37.8. The molecule has 4 rings (SSSR count). The average molecular weight is 679 g/mol. The Kier molecular flexibility index (Phi) is 12.9. The first-order valence-electron chi connectivity index (χ1n) is 17.4. The summed E-state index contributed by atoms with van der Waals surface area (Å²) in [6, 6.07) is 21.6. The number of aliphatic carboxylic acids is 1. The van der Waals surface area contributed by atoms with E-state index in [0.717, 1.165) is 46.6 Å². The van der Waals surface area contributed by atoms with Gasteiger partial charge in [0.15, 0.2) is 5.82 Å². The molecule has 9 heteroatoms. The van der Waals surface area contributed by atoms with Gasteiger partial charge in [-0.05, 0) is 66.6 Å².